The van der Waals surface area contributed by atoms with Gasteiger partial charge >= 0.3 is 5.97 Å². The molecule has 0 aliphatic carbocycles. The van der Waals surface area contributed by atoms with Gasteiger partial charge in [-0.3, -0.25) is 4.79 Å². The number of hydrogen-bond acceptors (Lipinski definition) is 3. The number of halogens is 2. The summed E-state index contributed by atoms with van der Waals surface area (Å²) in [4.78, 5) is 10.1. The SMILES string of the molecule is CCCC(NS(=O)(=O)c1ccc(F)cc1F)C(=O)O. The van der Waals surface area contributed by atoms with Crippen LogP contribution in [0.4, 0.5) is 8.78 Å². The summed E-state index contributed by atoms with van der Waals surface area (Å²) >= 11 is 0. The highest BCUT2D eigenvalue weighted by Gasteiger charge is 2.26. The Morgan fingerprint density at radius 1 is 1.42 bits per heavy atom. The zero-order valence-corrected chi connectivity index (χ0v) is 10.9. The van der Waals surface area contributed by atoms with Crippen molar-refractivity contribution in [2.24, 2.45) is 0 Å². The summed E-state index contributed by atoms with van der Waals surface area (Å²) in [7, 11) is -4.35. The zero-order chi connectivity index (χ0) is 14.6. The van der Waals surface area contributed by atoms with Crippen LogP contribution in [0.25, 0.3) is 0 Å². The smallest absolute Gasteiger partial charge is 0.321 e. The number of aliphatic carboxylic acids is 1. The standard InChI is InChI=1S/C11H13F2NO4S/c1-2-3-9(11(15)16)14-19(17,18)10-5-4-7(12)6-8(10)13/h4-6,9,14H,2-3H2,1H3,(H,15,16). The van der Waals surface area contributed by atoms with E-state index in [1.54, 1.807) is 6.92 Å². The lowest BCUT2D eigenvalue weighted by molar-refractivity contribution is -0.139. The fraction of sp³-hybridized carbons (Fsp3) is 0.364. The summed E-state index contributed by atoms with van der Waals surface area (Å²) in [6.07, 6.45) is 0.503. The average Bonchev–Trinajstić information content (AvgIpc) is 2.27. The first kappa shape index (κ1) is 15.5. The van der Waals surface area contributed by atoms with Crippen molar-refractivity contribution in [1.29, 1.82) is 0 Å². The lowest BCUT2D eigenvalue weighted by Gasteiger charge is -2.14. The lowest BCUT2D eigenvalue weighted by atomic mass is 10.2. The van der Waals surface area contributed by atoms with Crippen molar-refractivity contribution in [3.8, 4) is 0 Å². The molecule has 0 bridgehead atoms. The Labute approximate surface area is 109 Å². The van der Waals surface area contributed by atoms with Crippen molar-refractivity contribution in [3.05, 3.63) is 29.8 Å². The Balaban J connectivity index is 3.06. The van der Waals surface area contributed by atoms with Crippen LogP contribution >= 0.6 is 0 Å². The molecule has 2 N–H and O–H groups in total. The Bertz CT molecular complexity index is 574. The van der Waals surface area contributed by atoms with Gasteiger partial charge in [-0.2, -0.15) is 4.72 Å². The quantitative estimate of drug-likeness (QED) is 0.832. The molecule has 0 aliphatic rings. The van der Waals surface area contributed by atoms with Gasteiger partial charge in [-0.25, -0.2) is 17.2 Å². The monoisotopic (exact) mass is 293 g/mol. The van der Waals surface area contributed by atoms with Gasteiger partial charge in [0.15, 0.2) is 0 Å². The second kappa shape index (κ2) is 6.07. The molecule has 0 saturated carbocycles. The summed E-state index contributed by atoms with van der Waals surface area (Å²) in [6.45, 7) is 1.68. The van der Waals surface area contributed by atoms with Crippen molar-refractivity contribution in [2.75, 3.05) is 0 Å². The van der Waals surface area contributed by atoms with Crippen LogP contribution in [-0.4, -0.2) is 25.5 Å². The largest absolute Gasteiger partial charge is 0.480 e. The average molecular weight is 293 g/mol. The maximum absolute atomic E-state index is 13.4. The van der Waals surface area contributed by atoms with Crippen LogP contribution < -0.4 is 4.72 Å². The lowest BCUT2D eigenvalue weighted by Crippen LogP contribution is -2.40. The van der Waals surface area contributed by atoms with E-state index < -0.39 is 38.6 Å². The van der Waals surface area contributed by atoms with Crippen molar-refractivity contribution in [1.82, 2.24) is 4.72 Å². The van der Waals surface area contributed by atoms with E-state index in [1.165, 1.54) is 0 Å². The van der Waals surface area contributed by atoms with Crippen LogP contribution in [-0.2, 0) is 14.8 Å². The summed E-state index contributed by atoms with van der Waals surface area (Å²) in [5, 5.41) is 8.85. The third-order valence-electron chi connectivity index (χ3n) is 2.36. The Morgan fingerprint density at radius 3 is 2.53 bits per heavy atom. The molecular weight excluding hydrogens is 280 g/mol. The van der Waals surface area contributed by atoms with E-state index >= 15 is 0 Å². The molecule has 1 unspecified atom stereocenters. The van der Waals surface area contributed by atoms with Crippen LogP contribution in [0, 0.1) is 11.6 Å². The van der Waals surface area contributed by atoms with Gasteiger partial charge < -0.3 is 5.11 Å². The molecule has 19 heavy (non-hydrogen) atoms. The van der Waals surface area contributed by atoms with Gasteiger partial charge in [0.2, 0.25) is 10.0 Å². The second-order valence-corrected chi connectivity index (χ2v) is 5.56. The molecular formula is C11H13F2NO4S. The van der Waals surface area contributed by atoms with E-state index in [0.717, 1.165) is 12.1 Å². The van der Waals surface area contributed by atoms with Crippen molar-refractivity contribution >= 4 is 16.0 Å². The molecule has 0 radical (unpaired) electrons. The van der Waals surface area contributed by atoms with Crippen LogP contribution in [0.1, 0.15) is 19.8 Å². The number of nitrogens with one attached hydrogen (secondary N) is 1. The number of rotatable bonds is 6. The van der Waals surface area contributed by atoms with Gasteiger partial charge in [0, 0.05) is 6.07 Å². The minimum Gasteiger partial charge on any atom is -0.480 e. The first-order valence-corrected chi connectivity index (χ1v) is 6.96. The molecule has 0 aromatic heterocycles. The maximum Gasteiger partial charge on any atom is 0.321 e. The van der Waals surface area contributed by atoms with Gasteiger partial charge in [0.05, 0.1) is 0 Å². The van der Waals surface area contributed by atoms with E-state index in [9.17, 15) is 22.0 Å². The molecule has 5 nitrogen and oxygen atoms in total. The number of carbonyl (C=O) groups is 1. The van der Waals surface area contributed by atoms with Crippen LogP contribution in [0.15, 0.2) is 23.1 Å². The Kier molecular flexibility index (Phi) is 4.96. The van der Waals surface area contributed by atoms with Gasteiger partial charge in [0.1, 0.15) is 22.6 Å². The van der Waals surface area contributed by atoms with Gasteiger partial charge in [0.25, 0.3) is 0 Å². The van der Waals surface area contributed by atoms with Crippen LogP contribution in [0.5, 0.6) is 0 Å². The number of benzene rings is 1. The first-order chi connectivity index (χ1) is 8.77. The van der Waals surface area contributed by atoms with E-state index in [2.05, 4.69) is 0 Å². The molecule has 1 atom stereocenters. The van der Waals surface area contributed by atoms with Crippen molar-refractivity contribution in [2.45, 2.75) is 30.7 Å². The van der Waals surface area contributed by atoms with Crippen LogP contribution in [0.3, 0.4) is 0 Å². The second-order valence-electron chi connectivity index (χ2n) is 3.88. The molecule has 106 valence electrons. The summed E-state index contributed by atoms with van der Waals surface area (Å²) in [5.41, 5.74) is 0. The molecule has 0 aliphatic heterocycles. The van der Waals surface area contributed by atoms with E-state index in [0.29, 0.717) is 12.5 Å². The highest BCUT2D eigenvalue weighted by Crippen LogP contribution is 2.16. The van der Waals surface area contributed by atoms with Gasteiger partial charge in [-0.1, -0.05) is 13.3 Å². The highest BCUT2D eigenvalue weighted by molar-refractivity contribution is 7.89. The predicted octanol–water partition coefficient (Wildman–Crippen LogP) is 1.50. The Hall–Kier alpha value is -1.54. The first-order valence-electron chi connectivity index (χ1n) is 5.48. The normalized spacial score (nSPS) is 13.2. The maximum atomic E-state index is 13.4. The highest BCUT2D eigenvalue weighted by atomic mass is 32.2. The molecule has 1 rings (SSSR count). The van der Waals surface area contributed by atoms with Crippen molar-refractivity contribution in [3.63, 3.8) is 0 Å². The van der Waals surface area contributed by atoms with Crippen molar-refractivity contribution < 1.29 is 27.1 Å². The molecule has 0 saturated heterocycles. The summed E-state index contributed by atoms with van der Waals surface area (Å²) < 4.78 is 51.6. The minimum absolute atomic E-state index is 0.0668. The van der Waals surface area contributed by atoms with E-state index in [4.69, 9.17) is 5.11 Å². The third-order valence-corrected chi connectivity index (χ3v) is 3.86. The fourth-order valence-electron chi connectivity index (χ4n) is 1.47. The summed E-state index contributed by atoms with van der Waals surface area (Å²) in [6, 6.07) is 0.606. The molecule has 1 aromatic rings. The number of carboxylic acids is 1. The zero-order valence-electron chi connectivity index (χ0n) is 10.1. The Morgan fingerprint density at radius 2 is 2.05 bits per heavy atom. The molecule has 1 aromatic carbocycles. The minimum atomic E-state index is -4.35. The van der Waals surface area contributed by atoms with E-state index in [-0.39, 0.29) is 6.42 Å². The number of hydrogen-bond donors (Lipinski definition) is 2. The summed E-state index contributed by atoms with van der Waals surface area (Å²) in [5.74, 6) is -3.54. The fourth-order valence-corrected chi connectivity index (χ4v) is 2.75. The number of carboxylic acid groups (broad SMARTS) is 1. The number of sulfonamides is 1. The molecule has 0 amide bonds. The predicted molar refractivity (Wildman–Crippen MR) is 63.0 cm³/mol. The topological polar surface area (TPSA) is 83.5 Å². The van der Waals surface area contributed by atoms with Crippen LogP contribution in [0.2, 0.25) is 0 Å². The van der Waals surface area contributed by atoms with E-state index in [1.807, 2.05) is 4.72 Å². The third kappa shape index (κ3) is 3.97. The molecule has 0 fully saturated rings. The molecule has 0 spiro atoms. The van der Waals surface area contributed by atoms with Gasteiger partial charge in [-0.05, 0) is 18.6 Å². The molecule has 0 heterocycles. The van der Waals surface area contributed by atoms with Gasteiger partial charge in [-0.15, -0.1) is 0 Å². The molecule has 8 heteroatoms.